The number of nitrogens with zero attached hydrogens (tertiary/aromatic N) is 2. The lowest BCUT2D eigenvalue weighted by Crippen LogP contribution is -2.33. The number of esters is 1. The molecule has 0 aliphatic heterocycles. The molecule has 0 fully saturated rings. The molecule has 0 bridgehead atoms. The number of hydrogen-bond acceptors (Lipinski definition) is 5. The average molecular weight is 341 g/mol. The minimum absolute atomic E-state index is 0.0835. The molecular weight excluding hydrogens is 318 g/mol. The first-order valence-electron chi connectivity index (χ1n) is 8.25. The van der Waals surface area contributed by atoms with Crippen LogP contribution in [0, 0.1) is 12.8 Å². The van der Waals surface area contributed by atoms with E-state index in [9.17, 15) is 9.59 Å². The third kappa shape index (κ3) is 5.99. The molecule has 2 aromatic rings. The molecule has 2 rings (SSSR count). The Hall–Kier alpha value is -2.76. The highest BCUT2D eigenvalue weighted by atomic mass is 16.5. The number of carbonyl (C=O) groups excluding carboxylic acids is 2. The van der Waals surface area contributed by atoms with Crippen LogP contribution in [-0.2, 0) is 9.53 Å². The third-order valence-corrected chi connectivity index (χ3v) is 3.57. The highest BCUT2D eigenvalue weighted by Gasteiger charge is 2.18. The monoisotopic (exact) mass is 341 g/mol. The maximum absolute atomic E-state index is 12.2. The van der Waals surface area contributed by atoms with Gasteiger partial charge >= 0.3 is 5.97 Å². The number of amides is 1. The molecular formula is C19H23N3O3. The van der Waals surface area contributed by atoms with Gasteiger partial charge in [-0.3, -0.25) is 9.78 Å². The molecule has 0 saturated heterocycles. The molecule has 1 amide bonds. The van der Waals surface area contributed by atoms with E-state index in [0.717, 1.165) is 12.0 Å². The van der Waals surface area contributed by atoms with Crippen LogP contribution in [0.4, 0.5) is 0 Å². The Labute approximate surface area is 147 Å². The molecule has 0 radical (unpaired) electrons. The molecule has 0 aliphatic carbocycles. The van der Waals surface area contributed by atoms with E-state index in [4.69, 9.17) is 4.74 Å². The normalized spacial score (nSPS) is 11.8. The second-order valence-corrected chi connectivity index (χ2v) is 6.28. The van der Waals surface area contributed by atoms with Crippen molar-refractivity contribution in [3.8, 4) is 0 Å². The molecule has 1 aromatic heterocycles. The Balaban J connectivity index is 1.92. The quantitative estimate of drug-likeness (QED) is 0.783. The van der Waals surface area contributed by atoms with Crippen LogP contribution in [0.25, 0.3) is 0 Å². The predicted octanol–water partition coefficient (Wildman–Crippen LogP) is 2.85. The molecule has 1 atom stereocenters. The van der Waals surface area contributed by atoms with Gasteiger partial charge in [0.15, 0.2) is 12.3 Å². The molecule has 6 nitrogen and oxygen atoms in total. The average Bonchev–Trinajstić information content (AvgIpc) is 2.60. The van der Waals surface area contributed by atoms with Gasteiger partial charge in [-0.05, 0) is 24.8 Å². The van der Waals surface area contributed by atoms with E-state index in [1.54, 1.807) is 6.92 Å². The number of nitrogens with one attached hydrogen (secondary N) is 1. The second kappa shape index (κ2) is 8.92. The van der Waals surface area contributed by atoms with Gasteiger partial charge in [0, 0.05) is 6.20 Å². The Morgan fingerprint density at radius 2 is 1.84 bits per heavy atom. The summed E-state index contributed by atoms with van der Waals surface area (Å²) in [6.07, 6.45) is 3.61. The number of rotatable bonds is 7. The first kappa shape index (κ1) is 18.6. The van der Waals surface area contributed by atoms with E-state index in [1.807, 2.05) is 30.3 Å². The zero-order valence-corrected chi connectivity index (χ0v) is 14.7. The van der Waals surface area contributed by atoms with Crippen molar-refractivity contribution in [2.24, 2.45) is 5.92 Å². The second-order valence-electron chi connectivity index (χ2n) is 6.28. The fraction of sp³-hybridized carbons (Fsp3) is 0.368. The van der Waals surface area contributed by atoms with Crippen molar-refractivity contribution in [3.05, 3.63) is 59.7 Å². The zero-order chi connectivity index (χ0) is 18.2. The number of carbonyl (C=O) groups is 2. The van der Waals surface area contributed by atoms with Gasteiger partial charge in [-0.15, -0.1) is 0 Å². The van der Waals surface area contributed by atoms with Crippen LogP contribution in [0.2, 0.25) is 0 Å². The van der Waals surface area contributed by atoms with Gasteiger partial charge < -0.3 is 10.1 Å². The van der Waals surface area contributed by atoms with Crippen LogP contribution < -0.4 is 5.32 Å². The van der Waals surface area contributed by atoms with Crippen LogP contribution in [0.3, 0.4) is 0 Å². The molecule has 1 aromatic carbocycles. The molecule has 0 aliphatic rings. The van der Waals surface area contributed by atoms with E-state index < -0.39 is 5.97 Å². The van der Waals surface area contributed by atoms with Crippen molar-refractivity contribution in [2.45, 2.75) is 33.2 Å². The van der Waals surface area contributed by atoms with E-state index in [2.05, 4.69) is 29.1 Å². The first-order chi connectivity index (χ1) is 12.0. The molecule has 1 heterocycles. The van der Waals surface area contributed by atoms with Crippen molar-refractivity contribution in [3.63, 3.8) is 0 Å². The molecule has 0 saturated carbocycles. The molecule has 1 N–H and O–H groups in total. The van der Waals surface area contributed by atoms with Gasteiger partial charge in [-0.25, -0.2) is 9.78 Å². The summed E-state index contributed by atoms with van der Waals surface area (Å²) in [6, 6.07) is 9.63. The van der Waals surface area contributed by atoms with Crippen molar-refractivity contribution < 1.29 is 14.3 Å². The lowest BCUT2D eigenvalue weighted by atomic mass is 9.97. The summed E-state index contributed by atoms with van der Waals surface area (Å²) >= 11 is 0. The van der Waals surface area contributed by atoms with E-state index >= 15 is 0 Å². The van der Waals surface area contributed by atoms with Gasteiger partial charge in [-0.2, -0.15) is 0 Å². The van der Waals surface area contributed by atoms with Crippen LogP contribution in [0.5, 0.6) is 0 Å². The summed E-state index contributed by atoms with van der Waals surface area (Å²) in [6.45, 7) is 5.61. The van der Waals surface area contributed by atoms with Crippen LogP contribution in [-0.4, -0.2) is 28.5 Å². The number of hydrogen-bond donors (Lipinski definition) is 1. The molecule has 0 spiro atoms. The molecule has 0 unspecified atom stereocenters. The zero-order valence-electron chi connectivity index (χ0n) is 14.7. The van der Waals surface area contributed by atoms with Gasteiger partial charge in [0.25, 0.3) is 5.91 Å². The largest absolute Gasteiger partial charge is 0.451 e. The molecule has 6 heteroatoms. The Bertz CT molecular complexity index is 700. The summed E-state index contributed by atoms with van der Waals surface area (Å²) in [5.41, 5.74) is 1.81. The predicted molar refractivity (Wildman–Crippen MR) is 93.8 cm³/mol. The fourth-order valence-electron chi connectivity index (χ4n) is 2.37. The van der Waals surface area contributed by atoms with Crippen molar-refractivity contribution in [1.29, 1.82) is 0 Å². The summed E-state index contributed by atoms with van der Waals surface area (Å²) in [4.78, 5) is 32.0. The summed E-state index contributed by atoms with van der Waals surface area (Å²) in [5.74, 6) is -0.596. The summed E-state index contributed by atoms with van der Waals surface area (Å²) in [7, 11) is 0. The van der Waals surface area contributed by atoms with Crippen molar-refractivity contribution in [1.82, 2.24) is 15.3 Å². The topological polar surface area (TPSA) is 81.2 Å². The van der Waals surface area contributed by atoms with Crippen molar-refractivity contribution in [2.75, 3.05) is 6.61 Å². The minimum Gasteiger partial charge on any atom is -0.451 e. The molecule has 25 heavy (non-hydrogen) atoms. The van der Waals surface area contributed by atoms with E-state index in [0.29, 0.717) is 11.6 Å². The lowest BCUT2D eigenvalue weighted by molar-refractivity contribution is -0.125. The minimum atomic E-state index is -0.664. The highest BCUT2D eigenvalue weighted by Crippen LogP contribution is 2.20. The summed E-state index contributed by atoms with van der Waals surface area (Å²) < 4.78 is 5.02. The standard InChI is InChI=1S/C19H23N3O3/c1-13(2)9-16(15-7-5-4-6-8-15)22-18(23)12-25-19(24)17-11-20-14(3)10-21-17/h4-8,10-11,13,16H,9,12H2,1-3H3,(H,22,23)/t16-/m1/s1. The number of aryl methyl sites for hydroxylation is 1. The number of ether oxygens (including phenoxy) is 1. The summed E-state index contributed by atoms with van der Waals surface area (Å²) in [5, 5.41) is 2.93. The Morgan fingerprint density at radius 3 is 2.44 bits per heavy atom. The lowest BCUT2D eigenvalue weighted by Gasteiger charge is -2.21. The SMILES string of the molecule is Cc1cnc(C(=O)OCC(=O)N[C@H](CC(C)C)c2ccccc2)cn1. The third-order valence-electron chi connectivity index (χ3n) is 3.57. The number of aromatic nitrogens is 2. The van der Waals surface area contributed by atoms with E-state index in [1.165, 1.54) is 12.4 Å². The molecule has 132 valence electrons. The van der Waals surface area contributed by atoms with Crippen LogP contribution in [0.15, 0.2) is 42.7 Å². The highest BCUT2D eigenvalue weighted by molar-refractivity contribution is 5.89. The van der Waals surface area contributed by atoms with Gasteiger partial charge in [0.05, 0.1) is 17.9 Å². The maximum Gasteiger partial charge on any atom is 0.359 e. The smallest absolute Gasteiger partial charge is 0.359 e. The van der Waals surface area contributed by atoms with Crippen molar-refractivity contribution >= 4 is 11.9 Å². The number of benzene rings is 1. The van der Waals surface area contributed by atoms with Crippen LogP contribution in [0.1, 0.15) is 48.1 Å². The van der Waals surface area contributed by atoms with Gasteiger partial charge in [0.1, 0.15) is 0 Å². The first-order valence-corrected chi connectivity index (χ1v) is 8.25. The van der Waals surface area contributed by atoms with Gasteiger partial charge in [-0.1, -0.05) is 44.2 Å². The Kier molecular flexibility index (Phi) is 6.62. The maximum atomic E-state index is 12.2. The van der Waals surface area contributed by atoms with E-state index in [-0.39, 0.29) is 24.2 Å². The van der Waals surface area contributed by atoms with Gasteiger partial charge in [0.2, 0.25) is 0 Å². The van der Waals surface area contributed by atoms with Crippen LogP contribution >= 0.6 is 0 Å². The Morgan fingerprint density at radius 1 is 1.12 bits per heavy atom. The fourth-order valence-corrected chi connectivity index (χ4v) is 2.37.